The third kappa shape index (κ3) is 3.50. The minimum absolute atomic E-state index is 0.670. The summed E-state index contributed by atoms with van der Waals surface area (Å²) in [7, 11) is 0. The highest BCUT2D eigenvalue weighted by Crippen LogP contribution is 2.49. The summed E-state index contributed by atoms with van der Waals surface area (Å²) in [6.45, 7) is 12.1. The molecule has 0 aromatic rings. The highest BCUT2D eigenvalue weighted by Gasteiger charge is 2.38. The molecule has 0 spiro atoms. The molecule has 4 unspecified atom stereocenters. The lowest BCUT2D eigenvalue weighted by molar-refractivity contribution is 0.261. The fourth-order valence-electron chi connectivity index (χ4n) is 3.41. The molecule has 0 saturated heterocycles. The van der Waals surface area contributed by atoms with E-state index in [1.807, 2.05) is 0 Å². The highest BCUT2D eigenvalue weighted by atomic mass is 14.4. The summed E-state index contributed by atoms with van der Waals surface area (Å²) < 4.78 is 0. The minimum Gasteiger partial charge on any atom is -0.0651 e. The van der Waals surface area contributed by atoms with Gasteiger partial charge in [-0.2, -0.15) is 0 Å². The zero-order chi connectivity index (χ0) is 11.5. The molecule has 1 aliphatic rings. The van der Waals surface area contributed by atoms with Crippen LogP contribution in [-0.4, -0.2) is 0 Å². The molecule has 1 aliphatic carbocycles. The van der Waals surface area contributed by atoms with Crippen LogP contribution in [0.15, 0.2) is 0 Å². The SMILES string of the molecule is CCC(C)CCC1(C)CC(C)C(CC)C1. The summed E-state index contributed by atoms with van der Waals surface area (Å²) in [5.41, 5.74) is 0.670. The summed E-state index contributed by atoms with van der Waals surface area (Å²) in [6.07, 6.45) is 8.60. The van der Waals surface area contributed by atoms with E-state index < -0.39 is 0 Å². The van der Waals surface area contributed by atoms with Gasteiger partial charge in [-0.3, -0.25) is 0 Å². The second-order valence-corrected chi connectivity index (χ2v) is 6.42. The Kier molecular flexibility index (Phi) is 4.67. The first-order valence-electron chi connectivity index (χ1n) is 7.00. The van der Waals surface area contributed by atoms with E-state index in [1.54, 1.807) is 0 Å². The highest BCUT2D eigenvalue weighted by molar-refractivity contribution is 4.89. The third-order valence-corrected chi connectivity index (χ3v) is 4.84. The predicted octanol–water partition coefficient (Wildman–Crippen LogP) is 5.28. The molecule has 0 bridgehead atoms. The molecular weight excluding hydrogens is 180 g/mol. The maximum atomic E-state index is 2.53. The minimum atomic E-state index is 0.670. The average molecular weight is 210 g/mol. The Bertz CT molecular complexity index is 184. The number of hydrogen-bond acceptors (Lipinski definition) is 0. The lowest BCUT2D eigenvalue weighted by atomic mass is 9.80. The van der Waals surface area contributed by atoms with Crippen molar-refractivity contribution in [3.05, 3.63) is 0 Å². The monoisotopic (exact) mass is 210 g/mol. The molecule has 0 aromatic carbocycles. The average Bonchev–Trinajstić information content (AvgIpc) is 2.51. The maximum absolute atomic E-state index is 2.53. The van der Waals surface area contributed by atoms with Gasteiger partial charge in [0.1, 0.15) is 0 Å². The van der Waals surface area contributed by atoms with Gasteiger partial charge in [0.25, 0.3) is 0 Å². The van der Waals surface area contributed by atoms with Gasteiger partial charge in [0.15, 0.2) is 0 Å². The summed E-state index contributed by atoms with van der Waals surface area (Å²) >= 11 is 0. The lowest BCUT2D eigenvalue weighted by Crippen LogP contribution is -2.13. The summed E-state index contributed by atoms with van der Waals surface area (Å²) in [5, 5.41) is 0. The van der Waals surface area contributed by atoms with Crippen LogP contribution in [0.3, 0.4) is 0 Å². The smallest absolute Gasteiger partial charge is 0.0320 e. The quantitative estimate of drug-likeness (QED) is 0.579. The molecule has 0 radical (unpaired) electrons. The Balaban J connectivity index is 2.40. The van der Waals surface area contributed by atoms with Crippen molar-refractivity contribution in [2.45, 2.75) is 73.1 Å². The molecule has 4 atom stereocenters. The summed E-state index contributed by atoms with van der Waals surface area (Å²) in [5.74, 6) is 2.90. The fourth-order valence-corrected chi connectivity index (χ4v) is 3.41. The fraction of sp³-hybridized carbons (Fsp3) is 1.00. The molecule has 0 heteroatoms. The lowest BCUT2D eigenvalue weighted by Gasteiger charge is -2.25. The third-order valence-electron chi connectivity index (χ3n) is 4.84. The largest absolute Gasteiger partial charge is 0.0651 e. The van der Waals surface area contributed by atoms with Crippen molar-refractivity contribution < 1.29 is 0 Å². The molecule has 90 valence electrons. The Labute approximate surface area is 96.8 Å². The van der Waals surface area contributed by atoms with E-state index in [4.69, 9.17) is 0 Å². The molecule has 1 saturated carbocycles. The van der Waals surface area contributed by atoms with E-state index in [0.717, 1.165) is 17.8 Å². The van der Waals surface area contributed by atoms with Crippen LogP contribution in [0.25, 0.3) is 0 Å². The van der Waals surface area contributed by atoms with Crippen molar-refractivity contribution in [2.24, 2.45) is 23.2 Å². The van der Waals surface area contributed by atoms with Crippen LogP contribution in [0.2, 0.25) is 0 Å². The molecule has 0 nitrogen and oxygen atoms in total. The van der Waals surface area contributed by atoms with Gasteiger partial charge in [0, 0.05) is 0 Å². The van der Waals surface area contributed by atoms with Crippen LogP contribution in [0, 0.1) is 23.2 Å². The van der Waals surface area contributed by atoms with Gasteiger partial charge in [-0.15, -0.1) is 0 Å². The summed E-state index contributed by atoms with van der Waals surface area (Å²) in [4.78, 5) is 0. The van der Waals surface area contributed by atoms with Gasteiger partial charge in [-0.05, 0) is 42.4 Å². The molecule has 1 fully saturated rings. The number of rotatable bonds is 5. The summed E-state index contributed by atoms with van der Waals surface area (Å²) in [6, 6.07) is 0. The van der Waals surface area contributed by atoms with Crippen LogP contribution >= 0.6 is 0 Å². The van der Waals surface area contributed by atoms with E-state index in [0.29, 0.717) is 5.41 Å². The van der Waals surface area contributed by atoms with Gasteiger partial charge < -0.3 is 0 Å². The van der Waals surface area contributed by atoms with E-state index >= 15 is 0 Å². The predicted molar refractivity (Wildman–Crippen MR) is 69.0 cm³/mol. The van der Waals surface area contributed by atoms with Crippen LogP contribution in [-0.2, 0) is 0 Å². The molecule has 0 aromatic heterocycles. The van der Waals surface area contributed by atoms with Crippen LogP contribution in [0.1, 0.15) is 73.1 Å². The molecule has 15 heavy (non-hydrogen) atoms. The Morgan fingerprint density at radius 3 is 2.40 bits per heavy atom. The standard InChI is InChI=1S/C15H30/c1-6-12(3)8-9-15(5)10-13(4)14(7-2)11-15/h12-14H,6-11H2,1-5H3. The number of hydrogen-bond donors (Lipinski definition) is 0. The van der Waals surface area contributed by atoms with Gasteiger partial charge in [-0.1, -0.05) is 53.9 Å². The van der Waals surface area contributed by atoms with E-state index in [1.165, 1.54) is 38.5 Å². The van der Waals surface area contributed by atoms with Crippen molar-refractivity contribution in [3.8, 4) is 0 Å². The Morgan fingerprint density at radius 1 is 1.27 bits per heavy atom. The van der Waals surface area contributed by atoms with E-state index in [-0.39, 0.29) is 0 Å². The molecule has 0 amide bonds. The van der Waals surface area contributed by atoms with Gasteiger partial charge in [0.05, 0.1) is 0 Å². The molecule has 0 heterocycles. The first-order valence-corrected chi connectivity index (χ1v) is 7.00. The molecule has 0 N–H and O–H groups in total. The molecule has 0 aliphatic heterocycles. The van der Waals surface area contributed by atoms with Crippen molar-refractivity contribution in [1.82, 2.24) is 0 Å². The van der Waals surface area contributed by atoms with Crippen molar-refractivity contribution in [3.63, 3.8) is 0 Å². The van der Waals surface area contributed by atoms with Crippen LogP contribution < -0.4 is 0 Å². The molecular formula is C15H30. The first kappa shape index (κ1) is 13.1. The van der Waals surface area contributed by atoms with E-state index in [9.17, 15) is 0 Å². The second-order valence-electron chi connectivity index (χ2n) is 6.42. The van der Waals surface area contributed by atoms with Gasteiger partial charge in [0.2, 0.25) is 0 Å². The van der Waals surface area contributed by atoms with Crippen LogP contribution in [0.5, 0.6) is 0 Å². The Morgan fingerprint density at radius 2 is 1.93 bits per heavy atom. The van der Waals surface area contributed by atoms with Crippen molar-refractivity contribution >= 4 is 0 Å². The van der Waals surface area contributed by atoms with Gasteiger partial charge in [-0.25, -0.2) is 0 Å². The van der Waals surface area contributed by atoms with Crippen molar-refractivity contribution in [1.29, 1.82) is 0 Å². The van der Waals surface area contributed by atoms with Gasteiger partial charge >= 0.3 is 0 Å². The topological polar surface area (TPSA) is 0 Å². The van der Waals surface area contributed by atoms with Crippen LogP contribution in [0.4, 0.5) is 0 Å². The Hall–Kier alpha value is 0. The zero-order valence-electron chi connectivity index (χ0n) is 11.5. The van der Waals surface area contributed by atoms with E-state index in [2.05, 4.69) is 34.6 Å². The molecule has 1 rings (SSSR count). The first-order chi connectivity index (χ1) is 7.00. The second kappa shape index (κ2) is 5.37. The van der Waals surface area contributed by atoms with Crippen molar-refractivity contribution in [2.75, 3.05) is 0 Å². The normalized spacial score (nSPS) is 38.2. The zero-order valence-corrected chi connectivity index (χ0v) is 11.5. The maximum Gasteiger partial charge on any atom is -0.0320 e.